The molecule has 4 rings (SSSR count). The molecule has 0 radical (unpaired) electrons. The van der Waals surface area contributed by atoms with Crippen LogP contribution in [0.5, 0.6) is 11.5 Å². The van der Waals surface area contributed by atoms with Crippen LogP contribution < -0.4 is 9.47 Å². The lowest BCUT2D eigenvalue weighted by atomic mass is 10.1. The Morgan fingerprint density at radius 3 is 2.72 bits per heavy atom. The van der Waals surface area contributed by atoms with E-state index in [1.807, 2.05) is 18.2 Å². The van der Waals surface area contributed by atoms with Gasteiger partial charge in [0, 0.05) is 13.6 Å². The summed E-state index contributed by atoms with van der Waals surface area (Å²) in [6.07, 6.45) is 1.62. The van der Waals surface area contributed by atoms with Crippen molar-refractivity contribution < 1.29 is 23.4 Å². The molecule has 3 aromatic rings. The number of rotatable bonds is 6. The smallest absolute Gasteiger partial charge is 0.363 e. The Bertz CT molecular complexity index is 1260. The van der Waals surface area contributed by atoms with Crippen LogP contribution in [-0.2, 0) is 16.1 Å². The van der Waals surface area contributed by atoms with Gasteiger partial charge in [-0.2, -0.15) is 0 Å². The Balaban J connectivity index is 1.54. The summed E-state index contributed by atoms with van der Waals surface area (Å²) >= 11 is 5.67. The number of methoxy groups -OCH3 is 1. The van der Waals surface area contributed by atoms with Gasteiger partial charge in [-0.15, -0.1) is 0 Å². The van der Waals surface area contributed by atoms with Crippen LogP contribution in [0.15, 0.2) is 75.8 Å². The lowest BCUT2D eigenvalue weighted by molar-refractivity contribution is -0.129. The molecule has 0 saturated heterocycles. The maximum atomic E-state index is 13.4. The van der Waals surface area contributed by atoms with Crippen LogP contribution in [0.1, 0.15) is 16.7 Å². The minimum Gasteiger partial charge on any atom is -0.493 e. The summed E-state index contributed by atoms with van der Waals surface area (Å²) in [6.45, 7) is 0.195. The molecule has 0 aliphatic carbocycles. The number of benzene rings is 3. The van der Waals surface area contributed by atoms with E-state index in [1.165, 1.54) is 19.2 Å². The predicted molar refractivity (Wildman–Crippen MR) is 131 cm³/mol. The van der Waals surface area contributed by atoms with E-state index in [9.17, 15) is 9.18 Å². The monoisotopic (exact) mass is 607 g/mol. The summed E-state index contributed by atoms with van der Waals surface area (Å²) in [5.41, 5.74) is 2.29. The van der Waals surface area contributed by atoms with E-state index in [0.29, 0.717) is 28.2 Å². The molecule has 0 atom stereocenters. The molecule has 0 aromatic heterocycles. The first-order chi connectivity index (χ1) is 15.4. The van der Waals surface area contributed by atoms with Crippen LogP contribution in [0.4, 0.5) is 4.39 Å². The molecule has 32 heavy (non-hydrogen) atoms. The molecule has 162 valence electrons. The predicted octanol–water partition coefficient (Wildman–Crippen LogP) is 6.12. The molecule has 0 unspecified atom stereocenters. The fraction of sp³-hybridized carbons (Fsp3) is 0.0833. The Hall–Kier alpha value is -2.72. The van der Waals surface area contributed by atoms with Gasteiger partial charge < -0.3 is 14.2 Å². The van der Waals surface area contributed by atoms with Crippen molar-refractivity contribution in [1.29, 1.82) is 0 Å². The standard InChI is InChI=1S/C24H16BrFINO4/c1-30-22-11-14(5-8-21(22)31-13-15-3-2-4-17(26)9-15)10-20-24(29)32-23(28-20)16-6-7-19(27)18(25)12-16/h2-12H,13H2,1H3. The van der Waals surface area contributed by atoms with Crippen molar-refractivity contribution in [3.63, 3.8) is 0 Å². The summed E-state index contributed by atoms with van der Waals surface area (Å²) < 4.78 is 31.8. The van der Waals surface area contributed by atoms with Crippen LogP contribution >= 0.6 is 38.5 Å². The zero-order chi connectivity index (χ0) is 22.7. The van der Waals surface area contributed by atoms with Crippen molar-refractivity contribution >= 4 is 56.5 Å². The lowest BCUT2D eigenvalue weighted by Gasteiger charge is -2.11. The van der Waals surface area contributed by atoms with Gasteiger partial charge in [-0.25, -0.2) is 14.2 Å². The van der Waals surface area contributed by atoms with E-state index in [1.54, 1.807) is 36.4 Å². The first-order valence-corrected chi connectivity index (χ1v) is 11.3. The van der Waals surface area contributed by atoms with E-state index >= 15 is 0 Å². The fourth-order valence-corrected chi connectivity index (χ4v) is 3.71. The number of carbonyl (C=O) groups excluding carboxylic acids is 1. The van der Waals surface area contributed by atoms with Gasteiger partial charge in [0.25, 0.3) is 0 Å². The van der Waals surface area contributed by atoms with Crippen molar-refractivity contribution in [1.82, 2.24) is 0 Å². The Morgan fingerprint density at radius 2 is 1.97 bits per heavy atom. The zero-order valence-corrected chi connectivity index (χ0v) is 20.5. The first kappa shape index (κ1) is 22.5. The fourth-order valence-electron chi connectivity index (χ4n) is 3.00. The van der Waals surface area contributed by atoms with E-state index < -0.39 is 5.97 Å². The van der Waals surface area contributed by atoms with Crippen molar-refractivity contribution in [2.24, 2.45) is 4.99 Å². The van der Waals surface area contributed by atoms with Crippen molar-refractivity contribution in [3.8, 4) is 11.5 Å². The number of hydrogen-bond acceptors (Lipinski definition) is 5. The highest BCUT2D eigenvalue weighted by Crippen LogP contribution is 2.31. The first-order valence-electron chi connectivity index (χ1n) is 9.46. The molecular formula is C24H16BrFINO4. The number of halogens is 3. The molecule has 0 spiro atoms. The van der Waals surface area contributed by atoms with Gasteiger partial charge in [0.05, 0.1) is 7.11 Å². The third-order valence-electron chi connectivity index (χ3n) is 4.56. The summed E-state index contributed by atoms with van der Waals surface area (Å²) in [4.78, 5) is 16.7. The van der Waals surface area contributed by atoms with Gasteiger partial charge >= 0.3 is 5.97 Å². The molecule has 5 nitrogen and oxygen atoms in total. The van der Waals surface area contributed by atoms with Gasteiger partial charge in [-0.1, -0.05) is 18.2 Å². The van der Waals surface area contributed by atoms with Crippen LogP contribution in [0, 0.1) is 9.39 Å². The average Bonchev–Trinajstić information content (AvgIpc) is 3.14. The van der Waals surface area contributed by atoms with Crippen LogP contribution in [0.2, 0.25) is 0 Å². The molecule has 3 aromatic carbocycles. The van der Waals surface area contributed by atoms with Crippen LogP contribution in [0.3, 0.4) is 0 Å². The summed E-state index contributed by atoms with van der Waals surface area (Å²) in [6, 6.07) is 17.0. The maximum Gasteiger partial charge on any atom is 0.363 e. The summed E-state index contributed by atoms with van der Waals surface area (Å²) in [7, 11) is 1.52. The molecule has 1 aliphatic rings. The number of ether oxygens (including phenoxy) is 3. The third-order valence-corrected chi connectivity index (χ3v) is 6.90. The normalized spacial score (nSPS) is 14.3. The minimum atomic E-state index is -0.528. The molecular weight excluding hydrogens is 592 g/mol. The molecule has 0 amide bonds. The number of esters is 1. The Kier molecular flexibility index (Phi) is 6.90. The molecule has 0 bridgehead atoms. The van der Waals surface area contributed by atoms with Crippen molar-refractivity contribution in [3.05, 3.63) is 96.9 Å². The second-order valence-electron chi connectivity index (χ2n) is 6.79. The Morgan fingerprint density at radius 1 is 1.12 bits per heavy atom. The molecule has 0 N–H and O–H groups in total. The second kappa shape index (κ2) is 9.83. The van der Waals surface area contributed by atoms with Crippen LogP contribution in [0.25, 0.3) is 6.08 Å². The quantitative estimate of drug-likeness (QED) is 0.192. The lowest BCUT2D eigenvalue weighted by Crippen LogP contribution is -2.05. The number of cyclic esters (lactones) is 1. The summed E-state index contributed by atoms with van der Waals surface area (Å²) in [5, 5.41) is 0. The SMILES string of the molecule is COc1cc(C=C2N=C(c3ccc(I)c(Br)c3)OC2=O)ccc1OCc1cccc(F)c1. The van der Waals surface area contributed by atoms with E-state index in [-0.39, 0.29) is 24.0 Å². The van der Waals surface area contributed by atoms with Gasteiger partial charge in [-0.3, -0.25) is 0 Å². The molecule has 8 heteroatoms. The third kappa shape index (κ3) is 5.18. The minimum absolute atomic E-state index is 0.185. The highest BCUT2D eigenvalue weighted by Gasteiger charge is 2.24. The largest absolute Gasteiger partial charge is 0.493 e. The number of nitrogens with zero attached hydrogens (tertiary/aromatic N) is 1. The molecule has 1 aliphatic heterocycles. The average molecular weight is 608 g/mol. The second-order valence-corrected chi connectivity index (χ2v) is 8.81. The maximum absolute atomic E-state index is 13.4. The van der Waals surface area contributed by atoms with Crippen LogP contribution in [-0.4, -0.2) is 19.0 Å². The van der Waals surface area contributed by atoms with E-state index in [2.05, 4.69) is 43.5 Å². The van der Waals surface area contributed by atoms with E-state index in [0.717, 1.165) is 8.04 Å². The van der Waals surface area contributed by atoms with Crippen molar-refractivity contribution in [2.75, 3.05) is 7.11 Å². The Labute approximate surface area is 206 Å². The summed E-state index contributed by atoms with van der Waals surface area (Å²) in [5.74, 6) is 0.384. The number of aliphatic imine (C=N–C) groups is 1. The van der Waals surface area contributed by atoms with Gasteiger partial charge in [0.2, 0.25) is 5.90 Å². The number of hydrogen-bond donors (Lipinski definition) is 0. The van der Waals surface area contributed by atoms with Crippen molar-refractivity contribution in [2.45, 2.75) is 6.61 Å². The molecule has 0 fully saturated rings. The number of carbonyl (C=O) groups is 1. The van der Waals surface area contributed by atoms with Gasteiger partial charge in [0.15, 0.2) is 17.2 Å². The molecule has 0 saturated carbocycles. The van der Waals surface area contributed by atoms with Gasteiger partial charge in [0.1, 0.15) is 12.4 Å². The molecule has 1 heterocycles. The highest BCUT2D eigenvalue weighted by atomic mass is 127. The van der Waals surface area contributed by atoms with Gasteiger partial charge in [-0.05, 0) is 98.2 Å². The van der Waals surface area contributed by atoms with E-state index in [4.69, 9.17) is 14.2 Å². The zero-order valence-electron chi connectivity index (χ0n) is 16.8. The topological polar surface area (TPSA) is 57.1 Å². The highest BCUT2D eigenvalue weighted by molar-refractivity contribution is 14.1.